The van der Waals surface area contributed by atoms with Crippen LogP contribution in [0.15, 0.2) is 48.5 Å². The standard InChI is InChI=1S/C25H28O4/c26-23(18-11-7-4-2-1-3-5-8-12-18)20-15-16-21(22(17-20)25(28)29)24(27)19-13-9-6-10-14-19/h6,9-10,13-18H,1-5,7-8,11-12H2,(H,28,29). The lowest BCUT2D eigenvalue weighted by Gasteiger charge is -2.18. The Morgan fingerprint density at radius 2 is 1.28 bits per heavy atom. The number of Topliss-reactive ketones (excluding diaryl/α,β-unsaturated/α-hetero) is 1. The molecular weight excluding hydrogens is 364 g/mol. The Bertz CT molecular complexity index is 860. The van der Waals surface area contributed by atoms with Crippen LogP contribution in [0.2, 0.25) is 0 Å². The highest BCUT2D eigenvalue weighted by molar-refractivity contribution is 6.15. The fraction of sp³-hybridized carbons (Fsp3) is 0.400. The number of carboxylic acid groups (broad SMARTS) is 1. The van der Waals surface area contributed by atoms with Crippen LogP contribution in [0.1, 0.15) is 94.4 Å². The molecule has 0 unspecified atom stereocenters. The van der Waals surface area contributed by atoms with E-state index in [0.717, 1.165) is 38.5 Å². The second kappa shape index (κ2) is 10.1. The van der Waals surface area contributed by atoms with E-state index in [4.69, 9.17) is 0 Å². The summed E-state index contributed by atoms with van der Waals surface area (Å²) in [5.41, 5.74) is 0.839. The lowest BCUT2D eigenvalue weighted by Crippen LogP contribution is -2.18. The van der Waals surface area contributed by atoms with E-state index >= 15 is 0 Å². The van der Waals surface area contributed by atoms with Crippen LogP contribution in [0.5, 0.6) is 0 Å². The maximum atomic E-state index is 13.1. The van der Waals surface area contributed by atoms with E-state index in [1.165, 1.54) is 31.4 Å². The number of benzene rings is 2. The highest BCUT2D eigenvalue weighted by Gasteiger charge is 2.24. The van der Waals surface area contributed by atoms with Crippen molar-refractivity contribution in [3.05, 3.63) is 70.8 Å². The van der Waals surface area contributed by atoms with Gasteiger partial charge in [0, 0.05) is 22.6 Å². The molecule has 1 saturated carbocycles. The Hall–Kier alpha value is -2.75. The molecule has 1 aliphatic carbocycles. The normalized spacial score (nSPS) is 16.1. The van der Waals surface area contributed by atoms with Crippen molar-refractivity contribution in [1.29, 1.82) is 0 Å². The summed E-state index contributed by atoms with van der Waals surface area (Å²) in [7, 11) is 0. The summed E-state index contributed by atoms with van der Waals surface area (Å²) in [5.74, 6) is -1.59. The monoisotopic (exact) mass is 392 g/mol. The van der Waals surface area contributed by atoms with Crippen molar-refractivity contribution in [1.82, 2.24) is 0 Å². The minimum absolute atomic E-state index is 0.00628. The predicted molar refractivity (Wildman–Crippen MR) is 113 cm³/mol. The SMILES string of the molecule is O=C(O)c1cc(C(=O)C2CCCCCCCCC2)ccc1C(=O)c1ccccc1. The zero-order valence-corrected chi connectivity index (χ0v) is 16.7. The van der Waals surface area contributed by atoms with Gasteiger partial charge in [0.25, 0.3) is 0 Å². The van der Waals surface area contributed by atoms with Gasteiger partial charge in [-0.25, -0.2) is 4.79 Å². The second-order valence-electron chi connectivity index (χ2n) is 7.87. The minimum Gasteiger partial charge on any atom is -0.478 e. The molecule has 1 fully saturated rings. The van der Waals surface area contributed by atoms with Gasteiger partial charge in [-0.15, -0.1) is 0 Å². The summed E-state index contributed by atoms with van der Waals surface area (Å²) < 4.78 is 0. The molecule has 0 aromatic heterocycles. The molecule has 152 valence electrons. The van der Waals surface area contributed by atoms with E-state index in [9.17, 15) is 19.5 Å². The van der Waals surface area contributed by atoms with Gasteiger partial charge in [0.1, 0.15) is 0 Å². The van der Waals surface area contributed by atoms with Crippen LogP contribution in [0.3, 0.4) is 0 Å². The van der Waals surface area contributed by atoms with E-state index in [2.05, 4.69) is 0 Å². The number of carboxylic acids is 1. The van der Waals surface area contributed by atoms with Crippen molar-refractivity contribution >= 4 is 17.5 Å². The highest BCUT2D eigenvalue weighted by atomic mass is 16.4. The lowest BCUT2D eigenvalue weighted by atomic mass is 9.85. The molecule has 0 radical (unpaired) electrons. The molecule has 0 saturated heterocycles. The molecule has 0 heterocycles. The van der Waals surface area contributed by atoms with Crippen molar-refractivity contribution in [3.8, 4) is 0 Å². The van der Waals surface area contributed by atoms with Crippen molar-refractivity contribution < 1.29 is 19.5 Å². The van der Waals surface area contributed by atoms with Crippen LogP contribution >= 0.6 is 0 Å². The summed E-state index contributed by atoms with van der Waals surface area (Å²) in [4.78, 5) is 37.7. The van der Waals surface area contributed by atoms with E-state index in [1.54, 1.807) is 36.4 Å². The first-order valence-corrected chi connectivity index (χ1v) is 10.6. The molecule has 0 spiro atoms. The van der Waals surface area contributed by atoms with Gasteiger partial charge < -0.3 is 5.11 Å². The molecule has 0 bridgehead atoms. The Morgan fingerprint density at radius 1 is 0.690 bits per heavy atom. The molecule has 0 amide bonds. The first-order chi connectivity index (χ1) is 14.1. The molecule has 2 aromatic carbocycles. The third kappa shape index (κ3) is 5.41. The summed E-state index contributed by atoms with van der Waals surface area (Å²) in [6.07, 6.45) is 9.79. The molecule has 4 heteroatoms. The van der Waals surface area contributed by atoms with Gasteiger partial charge in [-0.05, 0) is 25.0 Å². The smallest absolute Gasteiger partial charge is 0.336 e. The quantitative estimate of drug-likeness (QED) is 0.639. The lowest BCUT2D eigenvalue weighted by molar-refractivity contribution is 0.0692. The van der Waals surface area contributed by atoms with Gasteiger partial charge in [0.2, 0.25) is 0 Å². The third-order valence-corrected chi connectivity index (χ3v) is 5.79. The molecule has 0 aliphatic heterocycles. The Labute approximate surface area is 172 Å². The molecule has 2 aromatic rings. The van der Waals surface area contributed by atoms with Crippen LogP contribution in [-0.2, 0) is 0 Å². The predicted octanol–water partition coefficient (Wildman–Crippen LogP) is 5.94. The highest BCUT2D eigenvalue weighted by Crippen LogP contribution is 2.26. The fourth-order valence-corrected chi connectivity index (χ4v) is 4.13. The zero-order valence-electron chi connectivity index (χ0n) is 16.7. The van der Waals surface area contributed by atoms with E-state index in [-0.39, 0.29) is 28.6 Å². The number of hydrogen-bond donors (Lipinski definition) is 1. The fourth-order valence-electron chi connectivity index (χ4n) is 4.13. The summed E-state index contributed by atoms with van der Waals surface area (Å²) in [6.45, 7) is 0. The molecule has 29 heavy (non-hydrogen) atoms. The van der Waals surface area contributed by atoms with E-state index in [0.29, 0.717) is 11.1 Å². The number of aromatic carboxylic acids is 1. The van der Waals surface area contributed by atoms with Gasteiger partial charge in [-0.2, -0.15) is 0 Å². The molecular formula is C25H28O4. The van der Waals surface area contributed by atoms with Gasteiger partial charge in [0.05, 0.1) is 5.56 Å². The molecule has 0 atom stereocenters. The number of carbonyl (C=O) groups is 3. The van der Waals surface area contributed by atoms with Crippen molar-refractivity contribution in [3.63, 3.8) is 0 Å². The Kier molecular flexibility index (Phi) is 7.34. The first kappa shape index (κ1) is 21.0. The Morgan fingerprint density at radius 3 is 1.86 bits per heavy atom. The van der Waals surface area contributed by atoms with Crippen LogP contribution in [0.25, 0.3) is 0 Å². The van der Waals surface area contributed by atoms with E-state index in [1.807, 2.05) is 0 Å². The third-order valence-electron chi connectivity index (χ3n) is 5.79. The van der Waals surface area contributed by atoms with Gasteiger partial charge in [0.15, 0.2) is 11.6 Å². The van der Waals surface area contributed by atoms with Crippen LogP contribution in [-0.4, -0.2) is 22.6 Å². The zero-order chi connectivity index (χ0) is 20.6. The maximum absolute atomic E-state index is 13.1. The van der Waals surface area contributed by atoms with E-state index < -0.39 is 5.97 Å². The largest absolute Gasteiger partial charge is 0.478 e. The molecule has 1 aliphatic rings. The molecule has 1 N–H and O–H groups in total. The topological polar surface area (TPSA) is 71.4 Å². The van der Waals surface area contributed by atoms with Crippen LogP contribution in [0, 0.1) is 5.92 Å². The Balaban J connectivity index is 1.86. The number of carbonyl (C=O) groups excluding carboxylic acids is 2. The number of hydrogen-bond acceptors (Lipinski definition) is 3. The van der Waals surface area contributed by atoms with Gasteiger partial charge >= 0.3 is 5.97 Å². The molecule has 3 rings (SSSR count). The number of ketones is 2. The van der Waals surface area contributed by atoms with Crippen molar-refractivity contribution in [2.45, 2.75) is 57.8 Å². The van der Waals surface area contributed by atoms with Gasteiger partial charge in [-0.3, -0.25) is 9.59 Å². The average Bonchev–Trinajstić information content (AvgIpc) is 2.76. The average molecular weight is 392 g/mol. The van der Waals surface area contributed by atoms with Crippen LogP contribution in [0.4, 0.5) is 0 Å². The molecule has 4 nitrogen and oxygen atoms in total. The second-order valence-corrected chi connectivity index (χ2v) is 7.87. The maximum Gasteiger partial charge on any atom is 0.336 e. The summed E-state index contributed by atoms with van der Waals surface area (Å²) in [6, 6.07) is 13.1. The van der Waals surface area contributed by atoms with Crippen molar-refractivity contribution in [2.75, 3.05) is 0 Å². The number of rotatable bonds is 5. The van der Waals surface area contributed by atoms with Crippen molar-refractivity contribution in [2.24, 2.45) is 5.92 Å². The summed E-state index contributed by atoms with van der Waals surface area (Å²) >= 11 is 0. The first-order valence-electron chi connectivity index (χ1n) is 10.6. The van der Waals surface area contributed by atoms with Gasteiger partial charge in [-0.1, -0.05) is 81.3 Å². The summed E-state index contributed by atoms with van der Waals surface area (Å²) in [5, 5.41) is 9.67. The van der Waals surface area contributed by atoms with Crippen LogP contribution < -0.4 is 0 Å². The minimum atomic E-state index is -1.19.